The number of fused-ring (bicyclic) bond motifs is 2. The van der Waals surface area contributed by atoms with Crippen molar-refractivity contribution in [2.75, 3.05) is 10.2 Å². The maximum absolute atomic E-state index is 13.8. The summed E-state index contributed by atoms with van der Waals surface area (Å²) in [5, 5.41) is 7.41. The summed E-state index contributed by atoms with van der Waals surface area (Å²) in [4.78, 5) is 59.1. The van der Waals surface area contributed by atoms with Crippen LogP contribution in [-0.4, -0.2) is 40.9 Å². The van der Waals surface area contributed by atoms with Gasteiger partial charge in [0.15, 0.2) is 0 Å². The number of nitrogens with one attached hydrogen (secondary N) is 1. The van der Waals surface area contributed by atoms with E-state index in [1.54, 1.807) is 48.8 Å². The van der Waals surface area contributed by atoms with Crippen molar-refractivity contribution in [3.05, 3.63) is 99.2 Å². The monoisotopic (exact) mass is 607 g/mol. The molecule has 2 aromatic heterocycles. The predicted molar refractivity (Wildman–Crippen MR) is 153 cm³/mol. The number of thiazole rings is 1. The number of primary sulfonamides is 1. The number of amides is 3. The first kappa shape index (κ1) is 27.1. The lowest BCUT2D eigenvalue weighted by molar-refractivity contribution is -0.122. The number of sulfonamides is 1. The van der Waals surface area contributed by atoms with E-state index in [1.165, 1.54) is 33.7 Å². The summed E-state index contributed by atoms with van der Waals surface area (Å²) >= 11 is 2.06. The number of carbonyl (C=O) groups excluding carboxylic acids is 3. The quantitative estimate of drug-likeness (QED) is 0.316. The Morgan fingerprint density at radius 1 is 0.976 bits per heavy atom. The second-order valence-corrected chi connectivity index (χ2v) is 13.1. The van der Waals surface area contributed by atoms with E-state index < -0.39 is 37.9 Å². The number of benzene rings is 2. The van der Waals surface area contributed by atoms with Crippen molar-refractivity contribution < 1.29 is 22.8 Å². The fraction of sp³-hybridized carbons (Fsp3) is 0.148. The molecular formula is C27H21N5O6S3. The lowest BCUT2D eigenvalue weighted by Gasteiger charge is -2.30. The number of hydrogen-bond donors (Lipinski definition) is 2. The normalized spacial score (nSPS) is 20.0. The Labute approximate surface area is 242 Å². The van der Waals surface area contributed by atoms with Crippen molar-refractivity contribution in [2.45, 2.75) is 27.6 Å². The molecule has 4 heterocycles. The van der Waals surface area contributed by atoms with Gasteiger partial charge in [-0.25, -0.2) is 18.5 Å². The molecule has 4 aromatic rings. The Bertz CT molecular complexity index is 1840. The third kappa shape index (κ3) is 4.88. The Hall–Kier alpha value is -4.11. The molecule has 1 saturated heterocycles. The van der Waals surface area contributed by atoms with Crippen molar-refractivity contribution in [1.82, 2.24) is 9.55 Å². The van der Waals surface area contributed by atoms with Gasteiger partial charge in [0.25, 0.3) is 0 Å². The standard InChI is InChI=1S/C27H21N5O6S3/c28-41(37,38)18-10-8-16(9-11-18)30-19(33)14-31-26-23(40-27(31)36)20(15-5-4-12-29-13-15)21-22(39-26)25(35)32(24(21)34)17-6-2-1-3-7-17/h1-13,20-22H,14H2,(H,30,33)(H2,28,37,38). The number of nitrogens with two attached hydrogens (primary N) is 1. The van der Waals surface area contributed by atoms with Gasteiger partial charge in [-0.3, -0.25) is 28.7 Å². The van der Waals surface area contributed by atoms with Crippen LogP contribution in [-0.2, 0) is 31.0 Å². The van der Waals surface area contributed by atoms with Gasteiger partial charge in [-0.05, 0) is 48.0 Å². The van der Waals surface area contributed by atoms with Crippen LogP contribution < -0.4 is 20.2 Å². The maximum atomic E-state index is 13.8. The number of pyridine rings is 1. The molecule has 2 aliphatic heterocycles. The zero-order valence-electron chi connectivity index (χ0n) is 21.0. The SMILES string of the molecule is NS(=O)(=O)c1ccc(NC(=O)Cn2c3c(sc2=O)C(c2cccnc2)C2C(=O)N(c4ccccc4)C(=O)C2S3)cc1. The summed E-state index contributed by atoms with van der Waals surface area (Å²) in [6.07, 6.45) is 3.22. The summed E-state index contributed by atoms with van der Waals surface area (Å²) in [6, 6.07) is 17.5. The highest BCUT2D eigenvalue weighted by molar-refractivity contribution is 8.00. The number of nitrogens with zero attached hydrogens (tertiary/aromatic N) is 3. The minimum absolute atomic E-state index is 0.105. The van der Waals surface area contributed by atoms with Gasteiger partial charge in [-0.15, -0.1) is 0 Å². The predicted octanol–water partition coefficient (Wildman–Crippen LogP) is 2.39. The number of anilines is 2. The number of imide groups is 1. The van der Waals surface area contributed by atoms with E-state index in [0.717, 1.165) is 23.1 Å². The third-order valence-corrected chi connectivity index (χ3v) is 10.4. The van der Waals surface area contributed by atoms with E-state index >= 15 is 0 Å². The highest BCUT2D eigenvalue weighted by Gasteiger charge is 2.56. The number of thioether (sulfide) groups is 1. The first-order chi connectivity index (χ1) is 19.6. The molecule has 0 saturated carbocycles. The molecule has 11 nitrogen and oxygen atoms in total. The van der Waals surface area contributed by atoms with Crippen LogP contribution in [0.3, 0.4) is 0 Å². The van der Waals surface area contributed by atoms with Crippen LogP contribution in [0.4, 0.5) is 11.4 Å². The largest absolute Gasteiger partial charge is 0.325 e. The summed E-state index contributed by atoms with van der Waals surface area (Å²) < 4.78 is 24.3. The summed E-state index contributed by atoms with van der Waals surface area (Å²) in [5.41, 5.74) is 1.47. The molecule has 3 N–H and O–H groups in total. The second kappa shape index (κ2) is 10.4. The van der Waals surface area contributed by atoms with Gasteiger partial charge >= 0.3 is 4.87 Å². The Balaban J connectivity index is 1.35. The Morgan fingerprint density at radius 2 is 1.71 bits per heavy atom. The first-order valence-electron chi connectivity index (χ1n) is 12.3. The summed E-state index contributed by atoms with van der Waals surface area (Å²) in [5.74, 6) is -2.65. The minimum Gasteiger partial charge on any atom is -0.325 e. The van der Waals surface area contributed by atoms with Crippen LogP contribution in [0.15, 0.2) is 93.8 Å². The molecule has 0 bridgehead atoms. The number of rotatable bonds is 6. The summed E-state index contributed by atoms with van der Waals surface area (Å²) in [7, 11) is -3.89. The van der Waals surface area contributed by atoms with Crippen LogP contribution in [0.1, 0.15) is 16.4 Å². The fourth-order valence-electron chi connectivity index (χ4n) is 5.08. The first-order valence-corrected chi connectivity index (χ1v) is 15.5. The summed E-state index contributed by atoms with van der Waals surface area (Å²) in [6.45, 7) is -0.351. The van der Waals surface area contributed by atoms with Crippen molar-refractivity contribution in [2.24, 2.45) is 11.1 Å². The molecule has 0 spiro atoms. The number of aromatic nitrogens is 2. The average molecular weight is 608 g/mol. The molecule has 0 radical (unpaired) electrons. The van der Waals surface area contributed by atoms with Crippen LogP contribution in [0.2, 0.25) is 0 Å². The average Bonchev–Trinajstić information content (AvgIpc) is 3.39. The van der Waals surface area contributed by atoms with Gasteiger partial charge in [0.1, 0.15) is 11.8 Å². The molecule has 0 aliphatic carbocycles. The Morgan fingerprint density at radius 3 is 2.37 bits per heavy atom. The van der Waals surface area contributed by atoms with Gasteiger partial charge < -0.3 is 5.32 Å². The van der Waals surface area contributed by atoms with Crippen LogP contribution >= 0.6 is 23.1 Å². The zero-order chi connectivity index (χ0) is 28.9. The maximum Gasteiger partial charge on any atom is 0.308 e. The van der Waals surface area contributed by atoms with Gasteiger partial charge in [-0.1, -0.05) is 47.4 Å². The van der Waals surface area contributed by atoms with Crippen LogP contribution in [0, 0.1) is 5.92 Å². The number of carbonyl (C=O) groups is 3. The topological polar surface area (TPSA) is 162 Å². The molecule has 2 aliphatic rings. The van der Waals surface area contributed by atoms with Crippen LogP contribution in [0.25, 0.3) is 0 Å². The van der Waals surface area contributed by atoms with Gasteiger partial charge in [0, 0.05) is 28.9 Å². The highest BCUT2D eigenvalue weighted by atomic mass is 32.2. The molecule has 3 amide bonds. The van der Waals surface area contributed by atoms with E-state index in [9.17, 15) is 27.6 Å². The Kier molecular flexibility index (Phi) is 6.85. The van der Waals surface area contributed by atoms with Crippen molar-refractivity contribution in [3.63, 3.8) is 0 Å². The van der Waals surface area contributed by atoms with Crippen molar-refractivity contribution in [3.8, 4) is 0 Å². The number of hydrogen-bond acceptors (Lipinski definition) is 9. The minimum atomic E-state index is -3.89. The molecular weight excluding hydrogens is 587 g/mol. The molecule has 3 unspecified atom stereocenters. The van der Waals surface area contributed by atoms with E-state index in [-0.39, 0.29) is 23.3 Å². The van der Waals surface area contributed by atoms with E-state index in [2.05, 4.69) is 10.3 Å². The second-order valence-electron chi connectivity index (χ2n) is 9.42. The molecule has 6 rings (SSSR count). The van der Waals surface area contributed by atoms with Crippen molar-refractivity contribution >= 4 is 62.2 Å². The molecule has 41 heavy (non-hydrogen) atoms. The zero-order valence-corrected chi connectivity index (χ0v) is 23.5. The lowest BCUT2D eigenvalue weighted by atomic mass is 9.84. The van der Waals surface area contributed by atoms with E-state index in [0.29, 0.717) is 26.8 Å². The van der Waals surface area contributed by atoms with Gasteiger partial charge in [0.05, 0.1) is 21.5 Å². The number of para-hydroxylation sites is 1. The fourth-order valence-corrected chi connectivity index (χ4v) is 8.37. The van der Waals surface area contributed by atoms with Gasteiger partial charge in [-0.2, -0.15) is 0 Å². The lowest BCUT2D eigenvalue weighted by Crippen LogP contribution is -2.33. The molecule has 208 valence electrons. The third-order valence-electron chi connectivity index (χ3n) is 6.88. The van der Waals surface area contributed by atoms with Crippen molar-refractivity contribution in [1.29, 1.82) is 0 Å². The highest BCUT2D eigenvalue weighted by Crippen LogP contribution is 2.53. The molecule has 3 atom stereocenters. The van der Waals surface area contributed by atoms with E-state index in [1.807, 2.05) is 6.07 Å². The molecule has 1 fully saturated rings. The molecule has 14 heteroatoms. The van der Waals surface area contributed by atoms with E-state index in [4.69, 9.17) is 5.14 Å². The smallest absolute Gasteiger partial charge is 0.308 e. The van der Waals surface area contributed by atoms with Crippen LogP contribution in [0.5, 0.6) is 0 Å². The van der Waals surface area contributed by atoms with Gasteiger partial charge in [0.2, 0.25) is 27.7 Å². The molecule has 2 aromatic carbocycles.